The Morgan fingerprint density at radius 3 is 2.50 bits per heavy atom. The second-order valence-electron chi connectivity index (χ2n) is 6.00. The summed E-state index contributed by atoms with van der Waals surface area (Å²) in [7, 11) is 0. The fourth-order valence-corrected chi connectivity index (χ4v) is 3.34. The molecule has 0 spiro atoms. The molecule has 0 bridgehead atoms. The van der Waals surface area contributed by atoms with Crippen LogP contribution in [0.4, 0.5) is 0 Å². The minimum Gasteiger partial charge on any atom is -0.462 e. The SMILES string of the molecule is O=C(C[NH+]1CCCC1)OCCCC1CCCCC1. The van der Waals surface area contributed by atoms with Gasteiger partial charge in [-0.15, -0.1) is 0 Å². The first kappa shape index (κ1) is 13.9. The lowest BCUT2D eigenvalue weighted by molar-refractivity contribution is -0.879. The van der Waals surface area contributed by atoms with Gasteiger partial charge in [0.15, 0.2) is 6.54 Å². The van der Waals surface area contributed by atoms with Crippen molar-refractivity contribution in [3.05, 3.63) is 0 Å². The van der Waals surface area contributed by atoms with Gasteiger partial charge in [0.05, 0.1) is 19.7 Å². The molecule has 1 saturated heterocycles. The second-order valence-corrected chi connectivity index (χ2v) is 6.00. The largest absolute Gasteiger partial charge is 0.462 e. The molecular formula is C15H28NO2+. The molecule has 0 atom stereocenters. The maximum Gasteiger partial charge on any atom is 0.361 e. The van der Waals surface area contributed by atoms with Crippen molar-refractivity contribution in [2.45, 2.75) is 57.8 Å². The number of rotatable bonds is 6. The normalized spacial score (nSPS) is 22.2. The Morgan fingerprint density at radius 1 is 1.06 bits per heavy atom. The smallest absolute Gasteiger partial charge is 0.361 e. The Kier molecular flexibility index (Phi) is 5.98. The Morgan fingerprint density at radius 2 is 1.78 bits per heavy atom. The van der Waals surface area contributed by atoms with Crippen LogP contribution in [-0.4, -0.2) is 32.2 Å². The Hall–Kier alpha value is -0.570. The standard InChI is InChI=1S/C15H27NO2/c17-15(13-16-10-4-5-11-16)18-12-6-9-14-7-2-1-3-8-14/h14H,1-13H2/p+1. The number of nitrogens with one attached hydrogen (secondary N) is 1. The highest BCUT2D eigenvalue weighted by Crippen LogP contribution is 2.27. The summed E-state index contributed by atoms with van der Waals surface area (Å²) in [6.45, 7) is 3.53. The molecular weight excluding hydrogens is 226 g/mol. The van der Waals surface area contributed by atoms with Crippen LogP contribution in [0.1, 0.15) is 57.8 Å². The zero-order valence-corrected chi connectivity index (χ0v) is 11.6. The number of likely N-dealkylation sites (tertiary alicyclic amines) is 1. The highest BCUT2D eigenvalue weighted by molar-refractivity contribution is 5.70. The van der Waals surface area contributed by atoms with E-state index in [0.29, 0.717) is 13.2 Å². The zero-order chi connectivity index (χ0) is 12.6. The Balaban J connectivity index is 1.47. The van der Waals surface area contributed by atoms with E-state index in [2.05, 4.69) is 0 Å². The van der Waals surface area contributed by atoms with Crippen LogP contribution < -0.4 is 4.90 Å². The van der Waals surface area contributed by atoms with E-state index < -0.39 is 0 Å². The molecule has 0 unspecified atom stereocenters. The van der Waals surface area contributed by atoms with Crippen LogP contribution >= 0.6 is 0 Å². The summed E-state index contributed by atoms with van der Waals surface area (Å²) < 4.78 is 5.34. The predicted octanol–water partition coefficient (Wildman–Crippen LogP) is 1.57. The molecule has 104 valence electrons. The Labute approximate surface area is 111 Å². The fourth-order valence-electron chi connectivity index (χ4n) is 3.34. The van der Waals surface area contributed by atoms with Crippen LogP contribution in [-0.2, 0) is 9.53 Å². The Bertz CT molecular complexity index is 243. The molecule has 3 nitrogen and oxygen atoms in total. The molecule has 1 N–H and O–H groups in total. The second kappa shape index (κ2) is 7.78. The van der Waals surface area contributed by atoms with Gasteiger partial charge in [0.2, 0.25) is 0 Å². The minimum atomic E-state index is 0.00976. The number of carbonyl (C=O) groups is 1. The topological polar surface area (TPSA) is 30.7 Å². The van der Waals surface area contributed by atoms with E-state index in [0.717, 1.165) is 25.4 Å². The lowest BCUT2D eigenvalue weighted by atomic mass is 9.86. The van der Waals surface area contributed by atoms with Crippen LogP contribution in [0, 0.1) is 5.92 Å². The first-order chi connectivity index (χ1) is 8.84. The summed E-state index contributed by atoms with van der Waals surface area (Å²) in [6, 6.07) is 0. The van der Waals surface area contributed by atoms with Gasteiger partial charge in [-0.2, -0.15) is 0 Å². The fraction of sp³-hybridized carbons (Fsp3) is 0.933. The van der Waals surface area contributed by atoms with Gasteiger partial charge in [-0.1, -0.05) is 32.1 Å². The van der Waals surface area contributed by atoms with Gasteiger partial charge in [0, 0.05) is 12.8 Å². The third kappa shape index (κ3) is 4.97. The molecule has 1 saturated carbocycles. The lowest BCUT2D eigenvalue weighted by Crippen LogP contribution is -3.11. The molecule has 2 rings (SSSR count). The molecule has 1 heterocycles. The van der Waals surface area contributed by atoms with E-state index in [4.69, 9.17) is 4.74 Å². The van der Waals surface area contributed by atoms with Gasteiger partial charge >= 0.3 is 5.97 Å². The number of hydrogen-bond donors (Lipinski definition) is 1. The van der Waals surface area contributed by atoms with Gasteiger partial charge < -0.3 is 9.64 Å². The molecule has 0 amide bonds. The van der Waals surface area contributed by atoms with E-state index >= 15 is 0 Å². The van der Waals surface area contributed by atoms with Crippen molar-refractivity contribution in [2.75, 3.05) is 26.2 Å². The summed E-state index contributed by atoms with van der Waals surface area (Å²) in [5.74, 6) is 0.914. The highest BCUT2D eigenvalue weighted by atomic mass is 16.5. The molecule has 0 radical (unpaired) electrons. The summed E-state index contributed by atoms with van der Waals surface area (Å²) >= 11 is 0. The highest BCUT2D eigenvalue weighted by Gasteiger charge is 2.19. The summed E-state index contributed by atoms with van der Waals surface area (Å²) in [4.78, 5) is 13.0. The van der Waals surface area contributed by atoms with E-state index in [9.17, 15) is 4.79 Å². The monoisotopic (exact) mass is 254 g/mol. The van der Waals surface area contributed by atoms with Crippen molar-refractivity contribution >= 4 is 5.97 Å². The molecule has 1 aliphatic heterocycles. The van der Waals surface area contributed by atoms with E-state index in [1.165, 1.54) is 56.3 Å². The molecule has 0 aromatic heterocycles. The number of ether oxygens (including phenoxy) is 1. The molecule has 18 heavy (non-hydrogen) atoms. The minimum absolute atomic E-state index is 0.00976. The predicted molar refractivity (Wildman–Crippen MR) is 71.6 cm³/mol. The van der Waals surface area contributed by atoms with Crippen LogP contribution in [0.15, 0.2) is 0 Å². The maximum absolute atomic E-state index is 11.6. The third-order valence-electron chi connectivity index (χ3n) is 4.45. The van der Waals surface area contributed by atoms with Crippen LogP contribution in [0.25, 0.3) is 0 Å². The van der Waals surface area contributed by atoms with Crippen molar-refractivity contribution in [1.29, 1.82) is 0 Å². The summed E-state index contributed by atoms with van der Waals surface area (Å²) in [5.41, 5.74) is 0. The molecule has 0 aromatic carbocycles. The third-order valence-corrected chi connectivity index (χ3v) is 4.45. The number of quaternary nitrogens is 1. The van der Waals surface area contributed by atoms with Crippen LogP contribution in [0.3, 0.4) is 0 Å². The quantitative estimate of drug-likeness (QED) is 0.576. The zero-order valence-electron chi connectivity index (χ0n) is 11.6. The van der Waals surface area contributed by atoms with Gasteiger partial charge in [0.25, 0.3) is 0 Å². The molecule has 2 fully saturated rings. The maximum atomic E-state index is 11.6. The van der Waals surface area contributed by atoms with Gasteiger partial charge in [-0.3, -0.25) is 0 Å². The molecule has 1 aliphatic carbocycles. The van der Waals surface area contributed by atoms with E-state index in [1.54, 1.807) is 0 Å². The van der Waals surface area contributed by atoms with Crippen molar-refractivity contribution in [1.82, 2.24) is 0 Å². The van der Waals surface area contributed by atoms with Crippen molar-refractivity contribution in [3.8, 4) is 0 Å². The van der Waals surface area contributed by atoms with Crippen molar-refractivity contribution in [3.63, 3.8) is 0 Å². The van der Waals surface area contributed by atoms with Gasteiger partial charge in [0.1, 0.15) is 0 Å². The average Bonchev–Trinajstić information content (AvgIpc) is 2.89. The van der Waals surface area contributed by atoms with Gasteiger partial charge in [-0.25, -0.2) is 4.79 Å². The number of hydrogen-bond acceptors (Lipinski definition) is 2. The molecule has 2 aliphatic rings. The van der Waals surface area contributed by atoms with E-state index in [-0.39, 0.29) is 5.97 Å². The van der Waals surface area contributed by atoms with Crippen LogP contribution in [0.5, 0.6) is 0 Å². The summed E-state index contributed by atoms with van der Waals surface area (Å²) in [5, 5.41) is 0. The van der Waals surface area contributed by atoms with Gasteiger partial charge in [-0.05, 0) is 18.8 Å². The first-order valence-corrected chi connectivity index (χ1v) is 7.84. The molecule has 3 heteroatoms. The van der Waals surface area contributed by atoms with Crippen molar-refractivity contribution in [2.24, 2.45) is 5.92 Å². The van der Waals surface area contributed by atoms with Crippen molar-refractivity contribution < 1.29 is 14.4 Å². The first-order valence-electron chi connectivity index (χ1n) is 7.84. The lowest BCUT2D eigenvalue weighted by Gasteiger charge is -2.21. The molecule has 0 aromatic rings. The average molecular weight is 254 g/mol. The van der Waals surface area contributed by atoms with Crippen LogP contribution in [0.2, 0.25) is 0 Å². The number of carbonyl (C=O) groups excluding carboxylic acids is 1. The number of esters is 1. The summed E-state index contributed by atoms with van der Waals surface area (Å²) in [6.07, 6.45) is 11.9. The van der Waals surface area contributed by atoms with E-state index in [1.807, 2.05) is 0 Å².